The van der Waals surface area contributed by atoms with E-state index in [0.717, 1.165) is 5.56 Å². The number of rotatable bonds is 5. The third-order valence-electron chi connectivity index (χ3n) is 4.11. The Bertz CT molecular complexity index is 691. The number of para-hydroxylation sites is 1. The van der Waals surface area contributed by atoms with Crippen LogP contribution in [0, 0.1) is 0 Å². The molecule has 2 aromatic rings. The van der Waals surface area contributed by atoms with Gasteiger partial charge in [0.1, 0.15) is 18.3 Å². The Morgan fingerprint density at radius 2 is 1.60 bits per heavy atom. The van der Waals surface area contributed by atoms with E-state index in [0.29, 0.717) is 11.5 Å². The molecule has 3 rings (SSSR count). The molecular weight excluding hydrogens is 322 g/mol. The van der Waals surface area contributed by atoms with E-state index in [4.69, 9.17) is 9.57 Å². The number of nitrogens with zero attached hydrogens (tertiary/aromatic N) is 1. The summed E-state index contributed by atoms with van der Waals surface area (Å²) in [6.07, 6.45) is -3.98. The minimum Gasteiger partial charge on any atom is -0.388 e. The molecule has 4 atom stereocenters. The molecule has 0 aliphatic carbocycles. The van der Waals surface area contributed by atoms with Crippen LogP contribution in [-0.4, -0.2) is 52.1 Å². The summed E-state index contributed by atoms with van der Waals surface area (Å²) in [5, 5.41) is 33.8. The summed E-state index contributed by atoms with van der Waals surface area (Å²) in [7, 11) is 0. The fourth-order valence-corrected chi connectivity index (χ4v) is 2.66. The number of ether oxygens (including phenoxy) is 1. The lowest BCUT2D eigenvalue weighted by atomic mass is 9.94. The van der Waals surface area contributed by atoms with Crippen molar-refractivity contribution in [1.82, 2.24) is 0 Å². The molecule has 0 bridgehead atoms. The summed E-state index contributed by atoms with van der Waals surface area (Å²) in [5.74, 6) is 0.594. The molecular formula is C19H21NO5. The third-order valence-corrected chi connectivity index (χ3v) is 4.11. The van der Waals surface area contributed by atoms with Gasteiger partial charge in [0.25, 0.3) is 0 Å². The van der Waals surface area contributed by atoms with Crippen molar-refractivity contribution in [3.8, 4) is 5.75 Å². The van der Waals surface area contributed by atoms with Gasteiger partial charge in [-0.15, -0.1) is 0 Å². The zero-order valence-electron chi connectivity index (χ0n) is 13.6. The molecule has 0 unspecified atom stereocenters. The maximum Gasteiger partial charge on any atom is 0.157 e. The van der Waals surface area contributed by atoms with Crippen LogP contribution in [0.1, 0.15) is 12.0 Å². The predicted molar refractivity (Wildman–Crippen MR) is 92.4 cm³/mol. The van der Waals surface area contributed by atoms with Gasteiger partial charge in [-0.2, -0.15) is 0 Å². The first kappa shape index (κ1) is 17.6. The fraction of sp³-hybridized carbons (Fsp3) is 0.316. The zero-order chi connectivity index (χ0) is 17.6. The molecule has 0 amide bonds. The summed E-state index contributed by atoms with van der Waals surface area (Å²) in [6.45, 7) is -0.0372. The van der Waals surface area contributed by atoms with Crippen LogP contribution in [0.2, 0.25) is 0 Å². The Morgan fingerprint density at radius 1 is 0.960 bits per heavy atom. The first-order valence-corrected chi connectivity index (χ1v) is 8.15. The van der Waals surface area contributed by atoms with Crippen LogP contribution in [0.4, 0.5) is 0 Å². The molecule has 132 valence electrons. The van der Waals surface area contributed by atoms with Crippen molar-refractivity contribution >= 4 is 5.71 Å². The molecule has 1 saturated heterocycles. The van der Waals surface area contributed by atoms with E-state index in [-0.39, 0.29) is 13.0 Å². The maximum atomic E-state index is 10.2. The van der Waals surface area contributed by atoms with E-state index in [1.54, 1.807) is 12.1 Å². The number of aliphatic hydroxyl groups is 3. The van der Waals surface area contributed by atoms with Crippen LogP contribution in [0.5, 0.6) is 5.75 Å². The van der Waals surface area contributed by atoms with Crippen molar-refractivity contribution in [3.05, 3.63) is 66.2 Å². The van der Waals surface area contributed by atoms with Crippen molar-refractivity contribution in [1.29, 1.82) is 0 Å². The third kappa shape index (κ3) is 4.43. The van der Waals surface area contributed by atoms with Gasteiger partial charge in [0.15, 0.2) is 5.75 Å². The van der Waals surface area contributed by atoms with Crippen molar-refractivity contribution in [2.24, 2.45) is 5.16 Å². The quantitative estimate of drug-likeness (QED) is 0.563. The second kappa shape index (κ2) is 8.22. The summed E-state index contributed by atoms with van der Waals surface area (Å²) < 4.78 is 5.48. The average Bonchev–Trinajstić information content (AvgIpc) is 2.66. The Morgan fingerprint density at radius 3 is 2.28 bits per heavy atom. The number of oxime groups is 1. The normalized spacial score (nSPS) is 27.1. The van der Waals surface area contributed by atoms with E-state index in [9.17, 15) is 15.3 Å². The van der Waals surface area contributed by atoms with Gasteiger partial charge in [0.05, 0.1) is 18.4 Å². The molecule has 25 heavy (non-hydrogen) atoms. The first-order valence-electron chi connectivity index (χ1n) is 8.15. The van der Waals surface area contributed by atoms with Gasteiger partial charge in [-0.3, -0.25) is 0 Å². The van der Waals surface area contributed by atoms with Crippen molar-refractivity contribution in [2.45, 2.75) is 30.8 Å². The molecule has 0 saturated carbocycles. The number of aliphatic hydroxyl groups excluding tert-OH is 3. The Hall–Kier alpha value is -2.25. The van der Waals surface area contributed by atoms with Gasteiger partial charge in [-0.25, -0.2) is 0 Å². The van der Waals surface area contributed by atoms with Crippen LogP contribution < -0.4 is 4.84 Å². The minimum absolute atomic E-state index is 0.0372. The average molecular weight is 343 g/mol. The molecule has 2 aromatic carbocycles. The number of hydrogen-bond acceptors (Lipinski definition) is 6. The zero-order valence-corrected chi connectivity index (χ0v) is 13.6. The molecule has 6 nitrogen and oxygen atoms in total. The Balaban J connectivity index is 1.79. The highest BCUT2D eigenvalue weighted by Gasteiger charge is 2.38. The van der Waals surface area contributed by atoms with E-state index < -0.39 is 24.4 Å². The smallest absolute Gasteiger partial charge is 0.157 e. The highest BCUT2D eigenvalue weighted by Crippen LogP contribution is 2.21. The summed E-state index contributed by atoms with van der Waals surface area (Å²) >= 11 is 0. The monoisotopic (exact) mass is 343 g/mol. The Labute approximate surface area is 145 Å². The highest BCUT2D eigenvalue weighted by atomic mass is 16.6. The van der Waals surface area contributed by atoms with Gasteiger partial charge in [0.2, 0.25) is 0 Å². The van der Waals surface area contributed by atoms with Crippen LogP contribution in [0.15, 0.2) is 65.8 Å². The second-order valence-electron chi connectivity index (χ2n) is 5.93. The van der Waals surface area contributed by atoms with Crippen LogP contribution in [-0.2, 0) is 4.74 Å². The summed E-state index contributed by atoms with van der Waals surface area (Å²) in [5.41, 5.74) is 1.41. The van der Waals surface area contributed by atoms with Gasteiger partial charge < -0.3 is 24.9 Å². The summed E-state index contributed by atoms with van der Waals surface area (Å²) in [6, 6.07) is 18.6. The Kier molecular flexibility index (Phi) is 5.78. The SMILES string of the molecule is O[C@@H]1[C@@H](O)[C@H](C/C(=N/Oc2ccccc2)c2ccccc2)OC[C@H]1O. The lowest BCUT2D eigenvalue weighted by Crippen LogP contribution is -2.53. The molecule has 1 heterocycles. The van der Waals surface area contributed by atoms with Crippen LogP contribution in [0.3, 0.4) is 0 Å². The van der Waals surface area contributed by atoms with Gasteiger partial charge >= 0.3 is 0 Å². The largest absolute Gasteiger partial charge is 0.388 e. The van der Waals surface area contributed by atoms with Crippen LogP contribution in [0.25, 0.3) is 0 Å². The lowest BCUT2D eigenvalue weighted by molar-refractivity contribution is -0.184. The van der Waals surface area contributed by atoms with E-state index in [1.807, 2.05) is 48.5 Å². The van der Waals surface area contributed by atoms with Crippen molar-refractivity contribution in [2.75, 3.05) is 6.61 Å². The highest BCUT2D eigenvalue weighted by molar-refractivity contribution is 6.00. The van der Waals surface area contributed by atoms with Crippen molar-refractivity contribution < 1.29 is 24.9 Å². The molecule has 3 N–H and O–H groups in total. The number of hydrogen-bond donors (Lipinski definition) is 3. The molecule has 1 aliphatic rings. The number of benzene rings is 2. The van der Waals surface area contributed by atoms with Gasteiger partial charge in [-0.1, -0.05) is 53.7 Å². The molecule has 0 radical (unpaired) electrons. The van der Waals surface area contributed by atoms with Gasteiger partial charge in [-0.05, 0) is 17.7 Å². The van der Waals surface area contributed by atoms with E-state index in [2.05, 4.69) is 5.16 Å². The summed E-state index contributed by atoms with van der Waals surface area (Å²) in [4.78, 5) is 5.49. The van der Waals surface area contributed by atoms with E-state index in [1.165, 1.54) is 0 Å². The minimum atomic E-state index is -1.24. The maximum absolute atomic E-state index is 10.2. The topological polar surface area (TPSA) is 91.5 Å². The first-order chi connectivity index (χ1) is 12.1. The van der Waals surface area contributed by atoms with Gasteiger partial charge in [0, 0.05) is 6.42 Å². The van der Waals surface area contributed by atoms with Crippen molar-refractivity contribution in [3.63, 3.8) is 0 Å². The molecule has 1 fully saturated rings. The predicted octanol–water partition coefficient (Wildman–Crippen LogP) is 1.34. The molecule has 6 heteroatoms. The lowest BCUT2D eigenvalue weighted by Gasteiger charge is -2.35. The van der Waals surface area contributed by atoms with E-state index >= 15 is 0 Å². The standard InChI is InChI=1S/C19H21NO5/c21-16-12-24-17(19(23)18(16)22)11-15(13-7-3-1-4-8-13)20-25-14-9-5-2-6-10-14/h1-10,16-19,21-23H,11-12H2/b20-15-/t16-,17+,18+,19+/m1/s1. The van der Waals surface area contributed by atoms with Crippen LogP contribution >= 0.6 is 0 Å². The fourth-order valence-electron chi connectivity index (χ4n) is 2.66. The molecule has 0 aromatic heterocycles. The molecule has 0 spiro atoms. The second-order valence-corrected chi connectivity index (χ2v) is 5.93. The molecule has 1 aliphatic heterocycles.